The van der Waals surface area contributed by atoms with Crippen LogP contribution in [0.5, 0.6) is 0 Å². The Bertz CT molecular complexity index is 720. The second-order valence-corrected chi connectivity index (χ2v) is 11.5. The first-order valence-corrected chi connectivity index (χ1v) is 12.1. The number of fused-ring (bicyclic) bond motifs is 2. The number of aliphatic hydroxyl groups is 2. The van der Waals surface area contributed by atoms with Gasteiger partial charge in [-0.25, -0.2) is 0 Å². The van der Waals surface area contributed by atoms with E-state index in [1.54, 1.807) is 7.11 Å². The van der Waals surface area contributed by atoms with E-state index in [4.69, 9.17) is 14.2 Å². The van der Waals surface area contributed by atoms with E-state index >= 15 is 0 Å². The second kappa shape index (κ2) is 6.42. The van der Waals surface area contributed by atoms with E-state index in [9.17, 15) is 10.2 Å². The van der Waals surface area contributed by atoms with Crippen molar-refractivity contribution in [2.24, 2.45) is 40.4 Å². The number of rotatable bonds is 5. The summed E-state index contributed by atoms with van der Waals surface area (Å²) in [6.45, 7) is 5.11. The first-order valence-electron chi connectivity index (χ1n) is 12.1. The maximum Gasteiger partial charge on any atom is 0.0771 e. The minimum atomic E-state index is -0.847. The summed E-state index contributed by atoms with van der Waals surface area (Å²) in [5.41, 5.74) is -0.719. The average Bonchev–Trinajstić information content (AvgIpc) is 3.15. The SMILES string of the molecule is CCN1C[C@]2(COC)CCC(OC)C34[C@@H]5CC6C(O)[C@@H]5[C@](O)(C[C@@H]6OC)[C@@H](C[C@@H]32)[C@H]14. The van der Waals surface area contributed by atoms with Crippen molar-refractivity contribution in [3.8, 4) is 0 Å². The van der Waals surface area contributed by atoms with E-state index in [1.165, 1.54) is 0 Å². The Kier molecular flexibility index (Phi) is 4.36. The molecule has 0 radical (unpaired) electrons. The summed E-state index contributed by atoms with van der Waals surface area (Å²) in [5, 5.41) is 23.8. The molecule has 6 fully saturated rings. The molecule has 6 rings (SSSR count). The number of likely N-dealkylation sites (tertiary alicyclic amines) is 1. The van der Waals surface area contributed by atoms with Crippen LogP contribution in [0.3, 0.4) is 0 Å². The third-order valence-electron chi connectivity index (χ3n) is 11.2. The van der Waals surface area contributed by atoms with Crippen LogP contribution in [0.1, 0.15) is 39.0 Å². The molecule has 0 aromatic heterocycles. The van der Waals surface area contributed by atoms with Crippen molar-refractivity contribution < 1.29 is 24.4 Å². The minimum Gasteiger partial charge on any atom is -0.392 e. The fourth-order valence-corrected chi connectivity index (χ4v) is 10.7. The maximum atomic E-state index is 12.4. The zero-order chi connectivity index (χ0) is 21.1. The number of hydrogen-bond donors (Lipinski definition) is 2. The fourth-order valence-electron chi connectivity index (χ4n) is 10.7. The molecular formula is C24H39NO5. The van der Waals surface area contributed by atoms with Crippen molar-refractivity contribution in [1.29, 1.82) is 0 Å². The molecule has 2 N–H and O–H groups in total. The molecule has 1 aliphatic heterocycles. The molecule has 7 bridgehead atoms. The van der Waals surface area contributed by atoms with Gasteiger partial charge in [-0.15, -0.1) is 0 Å². The van der Waals surface area contributed by atoms with E-state index in [-0.39, 0.29) is 46.7 Å². The predicted molar refractivity (Wildman–Crippen MR) is 111 cm³/mol. The molecule has 1 spiro atoms. The van der Waals surface area contributed by atoms with Crippen molar-refractivity contribution in [3.63, 3.8) is 0 Å². The standard InChI is InChI=1S/C24H39NO5/c1-5-25-11-22(12-28-2)7-6-18(30-4)24-14-8-13-16(29-3)10-23(27,19(14)20(13)26)15(21(24)25)9-17(22)24/h13-21,26-27H,5-12H2,1-4H3/t13?,14-,15+,16+,17-,18?,19-,20?,21+,22+,23+,24?/m1/s1. The van der Waals surface area contributed by atoms with Gasteiger partial charge in [-0.3, -0.25) is 4.90 Å². The monoisotopic (exact) mass is 421 g/mol. The van der Waals surface area contributed by atoms with Crippen molar-refractivity contribution in [2.75, 3.05) is 41.0 Å². The zero-order valence-corrected chi connectivity index (χ0v) is 18.9. The normalized spacial score (nSPS) is 60.8. The van der Waals surface area contributed by atoms with Crippen LogP contribution in [-0.4, -0.2) is 86.1 Å². The molecule has 5 aliphatic carbocycles. The predicted octanol–water partition coefficient (Wildman–Crippen LogP) is 1.53. The quantitative estimate of drug-likeness (QED) is 0.702. The molecule has 5 saturated carbocycles. The summed E-state index contributed by atoms with van der Waals surface area (Å²) in [4.78, 5) is 2.67. The van der Waals surface area contributed by atoms with E-state index in [0.29, 0.717) is 18.4 Å². The molecular weight excluding hydrogens is 382 g/mol. The summed E-state index contributed by atoms with van der Waals surface area (Å²) < 4.78 is 18.0. The van der Waals surface area contributed by atoms with Crippen LogP contribution in [0.4, 0.5) is 0 Å². The van der Waals surface area contributed by atoms with Gasteiger partial charge in [0.2, 0.25) is 0 Å². The van der Waals surface area contributed by atoms with Gasteiger partial charge < -0.3 is 24.4 Å². The van der Waals surface area contributed by atoms with E-state index < -0.39 is 11.7 Å². The number of piperidine rings is 1. The highest BCUT2D eigenvalue weighted by atomic mass is 16.5. The molecule has 30 heavy (non-hydrogen) atoms. The van der Waals surface area contributed by atoms with Gasteiger partial charge in [0, 0.05) is 68.9 Å². The number of nitrogens with zero attached hydrogens (tertiary/aromatic N) is 1. The molecule has 0 aromatic carbocycles. The van der Waals surface area contributed by atoms with Gasteiger partial charge in [-0.05, 0) is 44.1 Å². The van der Waals surface area contributed by atoms with Crippen LogP contribution >= 0.6 is 0 Å². The third-order valence-corrected chi connectivity index (χ3v) is 11.2. The molecule has 12 atom stereocenters. The van der Waals surface area contributed by atoms with E-state index in [0.717, 1.165) is 45.4 Å². The van der Waals surface area contributed by atoms with Gasteiger partial charge in [-0.1, -0.05) is 6.92 Å². The van der Waals surface area contributed by atoms with Crippen molar-refractivity contribution in [1.82, 2.24) is 4.90 Å². The lowest BCUT2D eigenvalue weighted by Gasteiger charge is -2.69. The Morgan fingerprint density at radius 3 is 2.57 bits per heavy atom. The smallest absolute Gasteiger partial charge is 0.0771 e. The lowest BCUT2D eigenvalue weighted by Crippen LogP contribution is -2.76. The number of aliphatic hydroxyl groups excluding tert-OH is 1. The Morgan fingerprint density at radius 1 is 1.10 bits per heavy atom. The van der Waals surface area contributed by atoms with Gasteiger partial charge in [0.25, 0.3) is 0 Å². The van der Waals surface area contributed by atoms with Gasteiger partial charge in [0.05, 0.1) is 30.5 Å². The molecule has 4 unspecified atom stereocenters. The highest BCUT2D eigenvalue weighted by molar-refractivity contribution is 5.33. The van der Waals surface area contributed by atoms with Crippen LogP contribution in [-0.2, 0) is 14.2 Å². The van der Waals surface area contributed by atoms with E-state index in [2.05, 4.69) is 11.8 Å². The molecule has 0 aromatic rings. The van der Waals surface area contributed by atoms with Crippen molar-refractivity contribution in [2.45, 2.75) is 69.0 Å². The van der Waals surface area contributed by atoms with Gasteiger partial charge in [0.1, 0.15) is 0 Å². The van der Waals surface area contributed by atoms with Gasteiger partial charge in [0.15, 0.2) is 0 Å². The average molecular weight is 422 g/mol. The number of hydrogen-bond acceptors (Lipinski definition) is 6. The van der Waals surface area contributed by atoms with E-state index in [1.807, 2.05) is 14.2 Å². The Balaban J connectivity index is 1.58. The number of ether oxygens (including phenoxy) is 3. The Hall–Kier alpha value is -0.240. The summed E-state index contributed by atoms with van der Waals surface area (Å²) in [6.07, 6.45) is 4.52. The Labute approximate surface area is 180 Å². The number of methoxy groups -OCH3 is 3. The molecule has 1 saturated heterocycles. The summed E-state index contributed by atoms with van der Waals surface area (Å²) >= 11 is 0. The van der Waals surface area contributed by atoms with Crippen LogP contribution in [0.2, 0.25) is 0 Å². The molecule has 0 amide bonds. The van der Waals surface area contributed by atoms with Crippen LogP contribution in [0.15, 0.2) is 0 Å². The highest BCUT2D eigenvalue weighted by Crippen LogP contribution is 2.79. The van der Waals surface area contributed by atoms with Crippen molar-refractivity contribution >= 4 is 0 Å². The van der Waals surface area contributed by atoms with Gasteiger partial charge >= 0.3 is 0 Å². The fraction of sp³-hybridized carbons (Fsp3) is 1.00. The molecule has 6 nitrogen and oxygen atoms in total. The maximum absolute atomic E-state index is 12.4. The highest BCUT2D eigenvalue weighted by Gasteiger charge is 2.83. The summed E-state index contributed by atoms with van der Waals surface area (Å²) in [7, 11) is 5.48. The first-order chi connectivity index (χ1) is 14.4. The minimum absolute atomic E-state index is 0.000283. The third kappa shape index (κ3) is 2.00. The largest absolute Gasteiger partial charge is 0.392 e. The van der Waals surface area contributed by atoms with Crippen LogP contribution in [0, 0.1) is 40.4 Å². The molecule has 6 aliphatic rings. The van der Waals surface area contributed by atoms with Crippen LogP contribution < -0.4 is 0 Å². The van der Waals surface area contributed by atoms with Crippen LogP contribution in [0.25, 0.3) is 0 Å². The lowest BCUT2D eigenvalue weighted by molar-refractivity contribution is -0.276. The lowest BCUT2D eigenvalue weighted by atomic mass is 9.43. The Morgan fingerprint density at radius 2 is 1.90 bits per heavy atom. The zero-order valence-electron chi connectivity index (χ0n) is 18.9. The molecule has 1 heterocycles. The van der Waals surface area contributed by atoms with Crippen molar-refractivity contribution in [3.05, 3.63) is 0 Å². The topological polar surface area (TPSA) is 71.4 Å². The second-order valence-electron chi connectivity index (χ2n) is 11.5. The van der Waals surface area contributed by atoms with Gasteiger partial charge in [-0.2, -0.15) is 0 Å². The molecule has 170 valence electrons. The summed E-state index contributed by atoms with van der Waals surface area (Å²) in [5.74, 6) is 1.03. The first kappa shape index (κ1) is 20.4. The summed E-state index contributed by atoms with van der Waals surface area (Å²) in [6, 6.07) is 0.329. The molecule has 6 heteroatoms.